The highest BCUT2D eigenvalue weighted by Crippen LogP contribution is 2.51. The summed E-state index contributed by atoms with van der Waals surface area (Å²) in [4.78, 5) is 29.8. The maximum Gasteiger partial charge on any atom is 0.416 e. The summed E-state index contributed by atoms with van der Waals surface area (Å²) in [6, 6.07) is 1.31. The molecule has 0 N–H and O–H groups in total. The maximum absolute atomic E-state index is 13.6. The summed E-state index contributed by atoms with van der Waals surface area (Å²) >= 11 is 6.26. The fourth-order valence-corrected chi connectivity index (χ4v) is 4.93. The molecular weight excluding hydrogens is 489 g/mol. The summed E-state index contributed by atoms with van der Waals surface area (Å²) in [5.74, 6) is -2.41. The molecule has 0 saturated heterocycles. The topological polar surface area (TPSA) is 95.1 Å². The van der Waals surface area contributed by atoms with Crippen LogP contribution in [0.1, 0.15) is 17.5 Å². The predicted molar refractivity (Wildman–Crippen MR) is 111 cm³/mol. The van der Waals surface area contributed by atoms with Crippen LogP contribution >= 0.6 is 11.6 Å². The first-order chi connectivity index (χ1) is 15.3. The number of anilines is 1. The Morgan fingerprint density at radius 3 is 2.42 bits per heavy atom. The Morgan fingerprint density at radius 1 is 1.30 bits per heavy atom. The number of alkyl halides is 3. The minimum absolute atomic E-state index is 0.0645. The molecule has 14 heteroatoms. The first kappa shape index (κ1) is 24.5. The summed E-state index contributed by atoms with van der Waals surface area (Å²) < 4.78 is 64.1. The second-order valence-electron chi connectivity index (χ2n) is 6.97. The largest absolute Gasteiger partial charge is 0.469 e. The van der Waals surface area contributed by atoms with E-state index in [2.05, 4.69) is 9.94 Å². The number of rotatable bonds is 4. The molecule has 176 valence electrons. The molecule has 2 unspecified atom stereocenters. The average Bonchev–Trinajstić information content (AvgIpc) is 3.14. The van der Waals surface area contributed by atoms with Crippen molar-refractivity contribution in [1.29, 1.82) is 0 Å². The third-order valence-corrected chi connectivity index (χ3v) is 6.51. The van der Waals surface area contributed by atoms with Crippen molar-refractivity contribution in [2.45, 2.75) is 23.0 Å². The van der Waals surface area contributed by atoms with Crippen LogP contribution in [0.3, 0.4) is 0 Å². The smallest absolute Gasteiger partial charge is 0.416 e. The van der Waals surface area contributed by atoms with Gasteiger partial charge in [0.05, 0.1) is 31.2 Å². The number of carbonyl (C=O) groups is 2. The van der Waals surface area contributed by atoms with Gasteiger partial charge >= 0.3 is 23.9 Å². The van der Waals surface area contributed by atoms with Crippen LogP contribution in [-0.4, -0.2) is 53.5 Å². The fourth-order valence-electron chi connectivity index (χ4n) is 3.80. The molecule has 0 radical (unpaired) electrons. The van der Waals surface area contributed by atoms with Gasteiger partial charge in [-0.2, -0.15) is 13.2 Å². The lowest BCUT2D eigenvalue weighted by Gasteiger charge is -2.44. The molecule has 0 bridgehead atoms. The molecule has 1 aliphatic heterocycles. The number of nitrogens with zero attached hydrogens (tertiary/aromatic N) is 4. The molecule has 0 aliphatic carbocycles. The van der Waals surface area contributed by atoms with Gasteiger partial charge in [0, 0.05) is 29.7 Å². The van der Waals surface area contributed by atoms with Gasteiger partial charge in [-0.05, 0) is 17.2 Å². The summed E-state index contributed by atoms with van der Waals surface area (Å²) in [7, 11) is 1.52. The number of ether oxygens (including phenoxy) is 2. The number of likely N-dealkylation sites (N-methyl/N-ethyl adjacent to an activating group) is 1. The number of hydrogen-bond acceptors (Lipinski definition) is 7. The standard InChI is InChI=1S/C19H16ClF3N4O5S/c1-24-15-14(33(5)30)16-26(2)18(17(29)32-4,8-12(28)31-3)10-6-9(19(21,22)23)7-11(20)13(10)27(16)25-15/h6-7H,8H2,2-5H3. The Morgan fingerprint density at radius 2 is 1.94 bits per heavy atom. The van der Waals surface area contributed by atoms with Gasteiger partial charge in [-0.25, -0.2) is 4.79 Å². The molecule has 0 amide bonds. The van der Waals surface area contributed by atoms with E-state index in [0.717, 1.165) is 23.8 Å². The summed E-state index contributed by atoms with van der Waals surface area (Å²) in [6.07, 6.45) is -4.34. The molecule has 1 aliphatic rings. The van der Waals surface area contributed by atoms with E-state index in [1.165, 1.54) is 13.3 Å². The predicted octanol–water partition coefficient (Wildman–Crippen LogP) is 3.21. The number of esters is 2. The van der Waals surface area contributed by atoms with E-state index in [0.29, 0.717) is 12.1 Å². The van der Waals surface area contributed by atoms with E-state index >= 15 is 0 Å². The highest BCUT2D eigenvalue weighted by Gasteiger charge is 2.56. The van der Waals surface area contributed by atoms with Gasteiger partial charge in [-0.1, -0.05) is 18.2 Å². The minimum Gasteiger partial charge on any atom is -0.469 e. The van der Waals surface area contributed by atoms with E-state index < -0.39 is 51.5 Å². The number of halogens is 4. The van der Waals surface area contributed by atoms with E-state index in [9.17, 15) is 27.0 Å². The zero-order valence-corrected chi connectivity index (χ0v) is 19.2. The normalized spacial score (nSPS) is 18.1. The van der Waals surface area contributed by atoms with Crippen molar-refractivity contribution >= 4 is 46.0 Å². The van der Waals surface area contributed by atoms with Crippen molar-refractivity contribution in [3.63, 3.8) is 0 Å². The monoisotopic (exact) mass is 504 g/mol. The molecule has 0 spiro atoms. The van der Waals surface area contributed by atoms with Crippen molar-refractivity contribution in [3.8, 4) is 5.69 Å². The molecule has 0 saturated carbocycles. The molecular formula is C19H16ClF3N4O5S. The lowest BCUT2D eigenvalue weighted by molar-refractivity contribution is -0.154. The molecule has 1 aromatic heterocycles. The minimum atomic E-state index is -4.84. The van der Waals surface area contributed by atoms with Crippen molar-refractivity contribution in [2.24, 2.45) is 0 Å². The highest BCUT2D eigenvalue weighted by molar-refractivity contribution is 7.84. The van der Waals surface area contributed by atoms with Crippen LogP contribution in [0.25, 0.3) is 10.5 Å². The zero-order chi connectivity index (χ0) is 24.9. The van der Waals surface area contributed by atoms with E-state index in [1.54, 1.807) is 0 Å². The summed E-state index contributed by atoms with van der Waals surface area (Å²) in [5.41, 5.74) is -3.92. The average molecular weight is 505 g/mol. The molecule has 3 rings (SSSR count). The fraction of sp³-hybridized carbons (Fsp3) is 0.368. The first-order valence-corrected chi connectivity index (χ1v) is 10.9. The first-order valence-electron chi connectivity index (χ1n) is 8.99. The lowest BCUT2D eigenvalue weighted by atomic mass is 9.81. The van der Waals surface area contributed by atoms with Gasteiger partial charge in [0.1, 0.15) is 10.6 Å². The van der Waals surface area contributed by atoms with E-state index in [1.807, 2.05) is 0 Å². The quantitative estimate of drug-likeness (QED) is 0.466. The van der Waals surface area contributed by atoms with Crippen LogP contribution in [0.15, 0.2) is 17.0 Å². The number of methoxy groups -OCH3 is 2. The third kappa shape index (κ3) is 3.63. The lowest BCUT2D eigenvalue weighted by Crippen LogP contribution is -2.56. The number of benzene rings is 1. The van der Waals surface area contributed by atoms with Crippen LogP contribution in [0.5, 0.6) is 0 Å². The molecule has 0 fully saturated rings. The molecule has 33 heavy (non-hydrogen) atoms. The number of hydrogen-bond donors (Lipinski definition) is 0. The Kier molecular flexibility index (Phi) is 6.20. The van der Waals surface area contributed by atoms with E-state index in [4.69, 9.17) is 27.6 Å². The second-order valence-corrected chi connectivity index (χ2v) is 8.69. The van der Waals surface area contributed by atoms with Gasteiger partial charge in [-0.15, -0.1) is 4.68 Å². The van der Waals surface area contributed by atoms with E-state index in [-0.39, 0.29) is 27.8 Å². The molecule has 2 heterocycles. The zero-order valence-electron chi connectivity index (χ0n) is 17.6. The van der Waals surface area contributed by atoms with Gasteiger partial charge in [-0.3, -0.25) is 9.00 Å². The van der Waals surface area contributed by atoms with Crippen molar-refractivity contribution in [3.05, 3.63) is 39.7 Å². The maximum atomic E-state index is 13.6. The summed E-state index contributed by atoms with van der Waals surface area (Å²) in [5, 5.41) is 3.62. The highest BCUT2D eigenvalue weighted by atomic mass is 35.5. The second kappa shape index (κ2) is 8.35. The van der Waals surface area contributed by atoms with Gasteiger partial charge < -0.3 is 19.2 Å². The summed E-state index contributed by atoms with van der Waals surface area (Å²) in [6.45, 7) is 7.39. The van der Waals surface area contributed by atoms with Crippen LogP contribution < -0.4 is 4.90 Å². The third-order valence-electron chi connectivity index (χ3n) is 5.28. The molecule has 2 atom stereocenters. The van der Waals surface area contributed by atoms with Gasteiger partial charge in [0.15, 0.2) is 11.4 Å². The van der Waals surface area contributed by atoms with Crippen LogP contribution in [0.2, 0.25) is 5.02 Å². The Bertz CT molecular complexity index is 1240. The molecule has 1 aromatic carbocycles. The Hall–Kier alpha value is -3.11. The number of fused-ring (bicyclic) bond motifs is 3. The van der Waals surface area contributed by atoms with Crippen LogP contribution in [0, 0.1) is 6.57 Å². The van der Waals surface area contributed by atoms with Crippen molar-refractivity contribution in [2.75, 3.05) is 32.4 Å². The Labute approximate surface area is 193 Å². The number of carbonyl (C=O) groups excluding carboxylic acids is 2. The van der Waals surface area contributed by atoms with Crippen molar-refractivity contribution < 1.29 is 36.4 Å². The number of aromatic nitrogens is 2. The molecule has 9 nitrogen and oxygen atoms in total. The SMILES string of the molecule is [C-]#[N+]c1nn2c(c1S(C)=O)N(C)C(CC(=O)OC)(C(=O)OC)c1cc(C(F)(F)F)cc(Cl)c1-2. The van der Waals surface area contributed by atoms with Crippen LogP contribution in [0.4, 0.5) is 24.8 Å². The van der Waals surface area contributed by atoms with Crippen LogP contribution in [-0.2, 0) is 41.6 Å². The van der Waals surface area contributed by atoms with Crippen molar-refractivity contribution in [1.82, 2.24) is 9.78 Å². The Balaban J connectivity index is 2.58. The van der Waals surface area contributed by atoms with Gasteiger partial charge in [0.2, 0.25) is 0 Å². The van der Waals surface area contributed by atoms with Gasteiger partial charge in [0.25, 0.3) is 0 Å². The molecule has 2 aromatic rings.